The van der Waals surface area contributed by atoms with Crippen LogP contribution in [-0.2, 0) is 9.84 Å². The average Bonchev–Trinajstić information content (AvgIpc) is 2.96. The fraction of sp³-hybridized carbons (Fsp3) is 0.267. The monoisotopic (exact) mass is 555 g/mol. The molecule has 10 heteroatoms. The maximum atomic E-state index is 13.2. The first-order valence-corrected chi connectivity index (χ1v) is 14.7. The van der Waals surface area contributed by atoms with Gasteiger partial charge in [-0.25, -0.2) is 13.4 Å². The number of rotatable bonds is 5. The highest BCUT2D eigenvalue weighted by atomic mass is 32.2. The van der Waals surface area contributed by atoms with E-state index in [0.717, 1.165) is 42.4 Å². The van der Waals surface area contributed by atoms with Crippen LogP contribution in [0.2, 0.25) is 0 Å². The largest absolute Gasteiger partial charge is 0.362 e. The number of amides is 1. The first kappa shape index (κ1) is 25.9. The molecule has 204 valence electrons. The van der Waals surface area contributed by atoms with E-state index in [1.165, 1.54) is 30.3 Å². The number of sulfone groups is 1. The van der Waals surface area contributed by atoms with Gasteiger partial charge in [0.1, 0.15) is 5.82 Å². The second kappa shape index (κ2) is 10.0. The van der Waals surface area contributed by atoms with E-state index < -0.39 is 9.84 Å². The number of hydrogen-bond acceptors (Lipinski definition) is 8. The number of hydrogen-bond donors (Lipinski definition) is 2. The molecule has 0 unspecified atom stereocenters. The second-order valence-corrected chi connectivity index (χ2v) is 12.4. The lowest BCUT2D eigenvalue weighted by Crippen LogP contribution is -2.40. The van der Waals surface area contributed by atoms with E-state index in [9.17, 15) is 18.0 Å². The molecule has 3 aromatic carbocycles. The van der Waals surface area contributed by atoms with E-state index in [1.807, 2.05) is 43.3 Å². The summed E-state index contributed by atoms with van der Waals surface area (Å²) in [5.41, 5.74) is 1.34. The highest BCUT2D eigenvalue weighted by molar-refractivity contribution is 7.91. The third-order valence-electron chi connectivity index (χ3n) is 7.60. The summed E-state index contributed by atoms with van der Waals surface area (Å²) in [5, 5.41) is 7.51. The van der Waals surface area contributed by atoms with Crippen molar-refractivity contribution in [2.45, 2.75) is 47.6 Å². The molecule has 2 aliphatic rings. The molecular formula is C30H29N5O4S. The molecule has 2 heterocycles. The molecule has 6 rings (SSSR count). The Balaban J connectivity index is 1.12. The van der Waals surface area contributed by atoms with Gasteiger partial charge in [0.25, 0.3) is 5.91 Å². The molecular weight excluding hydrogens is 526 g/mol. The topological polar surface area (TPSA) is 121 Å². The van der Waals surface area contributed by atoms with Crippen molar-refractivity contribution in [2.75, 3.05) is 24.3 Å². The average molecular weight is 556 g/mol. The zero-order valence-corrected chi connectivity index (χ0v) is 23.0. The minimum atomic E-state index is -3.91. The van der Waals surface area contributed by atoms with E-state index in [-0.39, 0.29) is 50.3 Å². The van der Waals surface area contributed by atoms with Crippen molar-refractivity contribution in [3.05, 3.63) is 83.4 Å². The lowest BCUT2D eigenvalue weighted by Gasteiger charge is -2.30. The van der Waals surface area contributed by atoms with E-state index in [0.29, 0.717) is 5.95 Å². The van der Waals surface area contributed by atoms with E-state index in [4.69, 9.17) is 9.97 Å². The number of fused-ring (bicyclic) bond motifs is 3. The maximum absolute atomic E-state index is 13.2. The zero-order chi connectivity index (χ0) is 28.0. The molecule has 0 saturated heterocycles. The van der Waals surface area contributed by atoms with E-state index in [1.54, 1.807) is 12.1 Å². The van der Waals surface area contributed by atoms with Gasteiger partial charge in [-0.2, -0.15) is 4.98 Å². The quantitative estimate of drug-likeness (QED) is 0.331. The molecule has 40 heavy (non-hydrogen) atoms. The third-order valence-corrected chi connectivity index (χ3v) is 9.45. The van der Waals surface area contributed by atoms with Crippen molar-refractivity contribution in [2.24, 2.45) is 0 Å². The van der Waals surface area contributed by atoms with Crippen LogP contribution in [0.15, 0.2) is 76.5 Å². The van der Waals surface area contributed by atoms with Gasteiger partial charge in [0.15, 0.2) is 5.78 Å². The summed E-state index contributed by atoms with van der Waals surface area (Å²) in [4.78, 5) is 37.2. The Morgan fingerprint density at radius 2 is 1.52 bits per heavy atom. The Morgan fingerprint density at radius 1 is 0.850 bits per heavy atom. The maximum Gasteiger partial charge on any atom is 0.251 e. The molecule has 9 nitrogen and oxygen atoms in total. The van der Waals surface area contributed by atoms with Crippen LogP contribution in [0, 0.1) is 0 Å². The first-order chi connectivity index (χ1) is 19.2. The predicted octanol–water partition coefficient (Wildman–Crippen LogP) is 4.23. The van der Waals surface area contributed by atoms with Gasteiger partial charge in [-0.1, -0.05) is 24.3 Å². The SMILES string of the molecule is CN(C)c1nc(N[C@H]2CC[C@@H](NC(=O)c3ccc4c(c3)S(=O)(=O)c3ccccc3C4=O)CC2)nc2ccccc12. The number of benzene rings is 3. The van der Waals surface area contributed by atoms with Crippen LogP contribution >= 0.6 is 0 Å². The van der Waals surface area contributed by atoms with Crippen LogP contribution in [0.1, 0.15) is 52.0 Å². The fourth-order valence-corrected chi connectivity index (χ4v) is 7.20. The number of carbonyl (C=O) groups is 2. The van der Waals surface area contributed by atoms with Crippen molar-refractivity contribution in [3.63, 3.8) is 0 Å². The minimum Gasteiger partial charge on any atom is -0.362 e. The molecule has 1 aromatic heterocycles. The summed E-state index contributed by atoms with van der Waals surface area (Å²) in [6, 6.07) is 18.5. The first-order valence-electron chi connectivity index (χ1n) is 13.3. The molecule has 0 atom stereocenters. The molecule has 1 fully saturated rings. The van der Waals surface area contributed by atoms with Crippen molar-refractivity contribution < 1.29 is 18.0 Å². The lowest BCUT2D eigenvalue weighted by molar-refractivity contribution is 0.0925. The number of carbonyl (C=O) groups excluding carboxylic acids is 2. The molecule has 1 aliphatic carbocycles. The van der Waals surface area contributed by atoms with E-state index in [2.05, 4.69) is 10.6 Å². The van der Waals surface area contributed by atoms with Crippen LogP contribution in [0.25, 0.3) is 10.9 Å². The summed E-state index contributed by atoms with van der Waals surface area (Å²) < 4.78 is 26.4. The minimum absolute atomic E-state index is 0.0241. The van der Waals surface area contributed by atoms with Crippen molar-refractivity contribution in [1.82, 2.24) is 15.3 Å². The Hall–Kier alpha value is -4.31. The number of para-hydroxylation sites is 1. The molecule has 0 bridgehead atoms. The van der Waals surface area contributed by atoms with Gasteiger partial charge in [0.2, 0.25) is 15.8 Å². The third kappa shape index (κ3) is 4.58. The fourth-order valence-electron chi connectivity index (χ4n) is 5.52. The summed E-state index contributed by atoms with van der Waals surface area (Å²) in [6.45, 7) is 0. The van der Waals surface area contributed by atoms with E-state index >= 15 is 0 Å². The highest BCUT2D eigenvalue weighted by Crippen LogP contribution is 2.35. The normalized spacial score (nSPS) is 19.4. The standard InChI is InChI=1S/C30H29N5O4S/c1-35(2)28-21-7-3-5-9-24(21)33-30(34-28)32-20-14-12-19(13-15-20)31-29(37)18-11-16-23-26(17-18)40(38,39)25-10-6-4-8-22(25)27(23)36/h3-11,16-17,19-20H,12-15H2,1-2H3,(H,31,37)(H,32,33,34)/t19-,20+. The number of anilines is 2. The Kier molecular flexibility index (Phi) is 6.50. The van der Waals surface area contributed by atoms with Crippen LogP contribution < -0.4 is 15.5 Å². The molecule has 1 saturated carbocycles. The lowest BCUT2D eigenvalue weighted by atomic mass is 9.91. The smallest absolute Gasteiger partial charge is 0.251 e. The van der Waals surface area contributed by atoms with Gasteiger partial charge >= 0.3 is 0 Å². The zero-order valence-electron chi connectivity index (χ0n) is 22.2. The molecule has 2 N–H and O–H groups in total. The Bertz CT molecular complexity index is 1760. The van der Waals surface area contributed by atoms with Crippen molar-refractivity contribution in [1.29, 1.82) is 0 Å². The molecule has 0 spiro atoms. The predicted molar refractivity (Wildman–Crippen MR) is 153 cm³/mol. The van der Waals surface area contributed by atoms with Gasteiger partial charge in [-0.3, -0.25) is 9.59 Å². The number of nitrogens with zero attached hydrogens (tertiary/aromatic N) is 3. The molecule has 0 radical (unpaired) electrons. The Morgan fingerprint density at radius 3 is 2.30 bits per heavy atom. The van der Waals surface area contributed by atoms with Crippen LogP contribution in [0.4, 0.5) is 11.8 Å². The van der Waals surface area contributed by atoms with Crippen LogP contribution in [0.5, 0.6) is 0 Å². The van der Waals surface area contributed by atoms with Gasteiger partial charge in [-0.15, -0.1) is 0 Å². The number of nitrogens with one attached hydrogen (secondary N) is 2. The van der Waals surface area contributed by atoms with Gasteiger partial charge < -0.3 is 15.5 Å². The van der Waals surface area contributed by atoms with Crippen LogP contribution in [-0.4, -0.2) is 56.3 Å². The van der Waals surface area contributed by atoms with Crippen molar-refractivity contribution >= 4 is 44.2 Å². The van der Waals surface area contributed by atoms with Gasteiger partial charge in [0, 0.05) is 48.3 Å². The molecule has 4 aromatic rings. The number of ketones is 1. The van der Waals surface area contributed by atoms with Gasteiger partial charge in [-0.05, 0) is 68.1 Å². The Labute approximate surface area is 232 Å². The second-order valence-electron chi connectivity index (χ2n) is 10.5. The molecule has 1 aliphatic heterocycles. The number of aromatic nitrogens is 2. The summed E-state index contributed by atoms with van der Waals surface area (Å²) in [5.74, 6) is 0.730. The van der Waals surface area contributed by atoms with Gasteiger partial charge in [0.05, 0.1) is 15.3 Å². The summed E-state index contributed by atoms with van der Waals surface area (Å²) in [7, 11) is 0.0122. The highest BCUT2D eigenvalue weighted by Gasteiger charge is 2.35. The molecule has 1 amide bonds. The van der Waals surface area contributed by atoms with Crippen LogP contribution in [0.3, 0.4) is 0 Å². The summed E-state index contributed by atoms with van der Waals surface area (Å²) in [6.07, 6.45) is 3.16. The van der Waals surface area contributed by atoms with Crippen molar-refractivity contribution in [3.8, 4) is 0 Å². The summed E-state index contributed by atoms with van der Waals surface area (Å²) >= 11 is 0.